The monoisotopic (exact) mass is 506 g/mol. The smallest absolute Gasteiger partial charge is 0.416 e. The van der Waals surface area contributed by atoms with Crippen LogP contribution < -0.4 is 4.74 Å². The van der Waals surface area contributed by atoms with Crippen LogP contribution in [0, 0.1) is 0 Å². The second-order valence-electron chi connectivity index (χ2n) is 8.84. The molecule has 0 bridgehead atoms. The highest BCUT2D eigenvalue weighted by Crippen LogP contribution is 2.37. The molecule has 0 unspecified atom stereocenters. The summed E-state index contributed by atoms with van der Waals surface area (Å²) >= 11 is 6.18. The Bertz CT molecular complexity index is 1240. The predicted octanol–water partition coefficient (Wildman–Crippen LogP) is 6.04. The number of amides is 1. The SMILES string of the molecule is O=C(O)N1Cc2cc(Cl)ccc2-n2c(nnc2C2CCC(Oc3ccc(C(F)(F)F)cc3)CC2)C1. The van der Waals surface area contributed by atoms with Crippen LogP contribution in [-0.4, -0.2) is 37.0 Å². The largest absolute Gasteiger partial charge is 0.490 e. The van der Waals surface area contributed by atoms with Crippen LogP contribution in [0.25, 0.3) is 5.69 Å². The van der Waals surface area contributed by atoms with Crippen molar-refractivity contribution in [2.45, 2.75) is 57.0 Å². The zero-order chi connectivity index (χ0) is 24.7. The summed E-state index contributed by atoms with van der Waals surface area (Å²) in [4.78, 5) is 13.0. The van der Waals surface area contributed by atoms with E-state index in [1.54, 1.807) is 12.1 Å². The second kappa shape index (κ2) is 9.07. The van der Waals surface area contributed by atoms with Crippen LogP contribution >= 0.6 is 11.6 Å². The highest BCUT2D eigenvalue weighted by molar-refractivity contribution is 6.30. The number of ether oxygens (including phenoxy) is 1. The summed E-state index contributed by atoms with van der Waals surface area (Å²) in [7, 11) is 0. The molecule has 2 aliphatic rings. The first-order valence-electron chi connectivity index (χ1n) is 11.2. The summed E-state index contributed by atoms with van der Waals surface area (Å²) < 4.78 is 46.2. The highest BCUT2D eigenvalue weighted by atomic mass is 35.5. The number of hydrogen-bond acceptors (Lipinski definition) is 4. The Morgan fingerprint density at radius 1 is 1.03 bits per heavy atom. The van der Waals surface area contributed by atoms with Crippen molar-refractivity contribution in [3.8, 4) is 11.4 Å². The van der Waals surface area contributed by atoms with Gasteiger partial charge in [0.25, 0.3) is 0 Å². The van der Waals surface area contributed by atoms with Gasteiger partial charge in [0.2, 0.25) is 0 Å². The van der Waals surface area contributed by atoms with Gasteiger partial charge in [0.15, 0.2) is 5.82 Å². The van der Waals surface area contributed by atoms with Gasteiger partial charge in [-0.05, 0) is 73.7 Å². The van der Waals surface area contributed by atoms with Gasteiger partial charge in [0.1, 0.15) is 11.6 Å². The maximum atomic E-state index is 12.8. The van der Waals surface area contributed by atoms with Gasteiger partial charge in [-0.25, -0.2) is 4.79 Å². The molecule has 1 saturated carbocycles. The number of halogens is 4. The van der Waals surface area contributed by atoms with E-state index in [2.05, 4.69) is 10.2 Å². The molecule has 11 heteroatoms. The second-order valence-corrected chi connectivity index (χ2v) is 9.27. The van der Waals surface area contributed by atoms with Gasteiger partial charge in [0, 0.05) is 10.9 Å². The fourth-order valence-corrected chi connectivity index (χ4v) is 4.97. The molecule has 35 heavy (non-hydrogen) atoms. The Hall–Kier alpha value is -3.27. The summed E-state index contributed by atoms with van der Waals surface area (Å²) in [6, 6.07) is 10.1. The minimum atomic E-state index is -4.38. The number of nitrogens with zero attached hydrogens (tertiary/aromatic N) is 4. The minimum absolute atomic E-state index is 0.0867. The van der Waals surface area contributed by atoms with Crippen LogP contribution in [0.1, 0.15) is 54.4 Å². The summed E-state index contributed by atoms with van der Waals surface area (Å²) in [6.07, 6.45) is -2.59. The van der Waals surface area contributed by atoms with Crippen molar-refractivity contribution in [3.63, 3.8) is 0 Å². The van der Waals surface area contributed by atoms with Gasteiger partial charge < -0.3 is 9.84 Å². The highest BCUT2D eigenvalue weighted by Gasteiger charge is 2.33. The van der Waals surface area contributed by atoms with E-state index in [-0.39, 0.29) is 25.1 Å². The Kier molecular flexibility index (Phi) is 6.08. The zero-order valence-corrected chi connectivity index (χ0v) is 19.3. The predicted molar refractivity (Wildman–Crippen MR) is 121 cm³/mol. The molecule has 5 rings (SSSR count). The van der Waals surface area contributed by atoms with E-state index in [9.17, 15) is 23.1 Å². The van der Waals surface area contributed by atoms with Crippen molar-refractivity contribution in [3.05, 3.63) is 70.3 Å². The number of rotatable bonds is 3. The number of alkyl halides is 3. The summed E-state index contributed by atoms with van der Waals surface area (Å²) in [5.41, 5.74) is 0.888. The number of aromatic nitrogens is 3. The topological polar surface area (TPSA) is 80.5 Å². The minimum Gasteiger partial charge on any atom is -0.490 e. The molecule has 1 aliphatic carbocycles. The lowest BCUT2D eigenvalue weighted by Gasteiger charge is -2.29. The third-order valence-corrected chi connectivity index (χ3v) is 6.76. The lowest BCUT2D eigenvalue weighted by molar-refractivity contribution is -0.137. The van der Waals surface area contributed by atoms with Crippen molar-refractivity contribution in [1.29, 1.82) is 0 Å². The number of benzene rings is 2. The third-order valence-electron chi connectivity index (χ3n) is 6.53. The fourth-order valence-electron chi connectivity index (χ4n) is 4.78. The van der Waals surface area contributed by atoms with Crippen molar-refractivity contribution >= 4 is 17.7 Å². The van der Waals surface area contributed by atoms with E-state index >= 15 is 0 Å². The van der Waals surface area contributed by atoms with E-state index in [1.807, 2.05) is 10.6 Å². The number of carboxylic acid groups (broad SMARTS) is 1. The van der Waals surface area contributed by atoms with Crippen LogP contribution in [0.2, 0.25) is 5.02 Å². The summed E-state index contributed by atoms with van der Waals surface area (Å²) in [5, 5.41) is 18.9. The Balaban J connectivity index is 1.33. The molecule has 0 atom stereocenters. The number of carbonyl (C=O) groups is 1. The van der Waals surface area contributed by atoms with E-state index in [4.69, 9.17) is 16.3 Å². The zero-order valence-electron chi connectivity index (χ0n) is 18.5. The van der Waals surface area contributed by atoms with E-state index < -0.39 is 17.8 Å². The first-order chi connectivity index (χ1) is 16.7. The van der Waals surface area contributed by atoms with Crippen LogP contribution in [0.4, 0.5) is 18.0 Å². The van der Waals surface area contributed by atoms with Gasteiger partial charge in [-0.15, -0.1) is 10.2 Å². The maximum Gasteiger partial charge on any atom is 0.416 e. The first kappa shape index (κ1) is 23.5. The van der Waals surface area contributed by atoms with Gasteiger partial charge in [-0.3, -0.25) is 9.47 Å². The molecule has 0 saturated heterocycles. The molecule has 184 valence electrons. The molecule has 1 aromatic heterocycles. The van der Waals surface area contributed by atoms with Gasteiger partial charge >= 0.3 is 12.3 Å². The van der Waals surface area contributed by atoms with Crippen molar-refractivity contribution in [1.82, 2.24) is 19.7 Å². The molecule has 1 aliphatic heterocycles. The van der Waals surface area contributed by atoms with Gasteiger partial charge in [0.05, 0.1) is 30.4 Å². The molecule has 0 radical (unpaired) electrons. The van der Waals surface area contributed by atoms with Gasteiger partial charge in [-0.2, -0.15) is 13.2 Å². The third kappa shape index (κ3) is 4.80. The molecule has 1 fully saturated rings. The Morgan fingerprint density at radius 2 is 1.74 bits per heavy atom. The molecule has 1 amide bonds. The Labute approximate surface area is 204 Å². The quantitative estimate of drug-likeness (QED) is 0.468. The van der Waals surface area contributed by atoms with Crippen molar-refractivity contribution in [2.75, 3.05) is 0 Å². The Morgan fingerprint density at radius 3 is 2.40 bits per heavy atom. The normalized spacial score (nSPS) is 20.1. The maximum absolute atomic E-state index is 12.8. The average molecular weight is 507 g/mol. The lowest BCUT2D eigenvalue weighted by Crippen LogP contribution is -2.28. The first-order valence-corrected chi connectivity index (χ1v) is 11.6. The lowest BCUT2D eigenvalue weighted by atomic mass is 9.86. The number of hydrogen-bond donors (Lipinski definition) is 1. The van der Waals surface area contributed by atoms with Crippen molar-refractivity contribution in [2.24, 2.45) is 0 Å². The van der Waals surface area contributed by atoms with E-state index in [0.717, 1.165) is 42.0 Å². The molecule has 2 aromatic carbocycles. The fraction of sp³-hybridized carbons (Fsp3) is 0.375. The van der Waals surface area contributed by atoms with Crippen LogP contribution in [0.3, 0.4) is 0 Å². The molecular weight excluding hydrogens is 485 g/mol. The molecule has 0 spiro atoms. The van der Waals surface area contributed by atoms with Gasteiger partial charge in [-0.1, -0.05) is 11.6 Å². The standard InChI is InChI=1S/C24H22ClF3N4O3/c25-17-5-10-20-15(11-17)12-31(23(33)34)13-21-29-30-22(32(20)21)14-1-6-18(7-2-14)35-19-8-3-16(4-9-19)24(26,27)28/h3-5,8-11,14,18H,1-2,6-7,12-13H2,(H,33,34). The van der Waals surface area contributed by atoms with Crippen LogP contribution in [0.15, 0.2) is 42.5 Å². The van der Waals surface area contributed by atoms with Crippen LogP contribution in [0.5, 0.6) is 5.75 Å². The van der Waals surface area contributed by atoms with Crippen LogP contribution in [-0.2, 0) is 19.3 Å². The molecular formula is C24H22ClF3N4O3. The van der Waals surface area contributed by atoms with Crippen molar-refractivity contribution < 1.29 is 27.8 Å². The molecule has 2 heterocycles. The van der Waals surface area contributed by atoms with E-state index in [1.165, 1.54) is 17.0 Å². The van der Waals surface area contributed by atoms with E-state index in [0.29, 0.717) is 29.4 Å². The molecule has 3 aromatic rings. The molecule has 1 N–H and O–H groups in total. The summed E-state index contributed by atoms with van der Waals surface area (Å²) in [6.45, 7) is 0.308. The summed E-state index contributed by atoms with van der Waals surface area (Å²) in [5.74, 6) is 1.82. The average Bonchev–Trinajstić information content (AvgIpc) is 3.15. The molecule has 7 nitrogen and oxygen atoms in total. The number of fused-ring (bicyclic) bond motifs is 3.